The number of hydrogen-bond donors (Lipinski definition) is 0. The van der Waals surface area contributed by atoms with Gasteiger partial charge in [-0.05, 0) is 0 Å². The van der Waals surface area contributed by atoms with Gasteiger partial charge in [0, 0.05) is 9.47 Å². The van der Waals surface area contributed by atoms with E-state index in [0.717, 1.165) is 0 Å². The Bertz CT molecular complexity index is 50.2. The second kappa shape index (κ2) is 3.22. The zero-order chi connectivity index (χ0) is 5.86. The van der Waals surface area contributed by atoms with Crippen LogP contribution in [0.1, 0.15) is 0 Å². The van der Waals surface area contributed by atoms with Crippen molar-refractivity contribution in [2.45, 2.75) is 12.8 Å². The molecule has 1 nitrogen and oxygen atoms in total. The number of rotatable bonds is 2. The molecule has 0 bridgehead atoms. The molecule has 0 aliphatic heterocycles. The Balaban J connectivity index is 3.14. The maximum Gasteiger partial charge on any atom is 0.293 e. The molecule has 2 unspecified atom stereocenters. The summed E-state index contributed by atoms with van der Waals surface area (Å²) in [4.78, 5) is 0. The second-order valence-electron chi connectivity index (χ2n) is 0.822. The first-order chi connectivity index (χ1) is 3.18. The summed E-state index contributed by atoms with van der Waals surface area (Å²) in [6.07, 6.45) is -5.51. The van der Waals surface area contributed by atoms with Gasteiger partial charge in [0.25, 0.3) is 12.8 Å². The normalized spacial score (nSPS) is 15.0. The molecule has 0 amide bonds. The predicted molar refractivity (Wildman–Crippen MR) is 21.7 cm³/mol. The molecule has 0 saturated heterocycles. The van der Waals surface area contributed by atoms with Gasteiger partial charge in [0.15, 0.2) is 0 Å². The fourth-order valence-corrected chi connectivity index (χ4v) is 0.178. The van der Waals surface area contributed by atoms with Crippen LogP contribution in [-0.4, -0.2) is 12.8 Å². The topological polar surface area (TPSA) is 9.23 Å². The Hall–Kier alpha value is 0.180. The van der Waals surface area contributed by atoms with Gasteiger partial charge in [-0.1, -0.05) is 0 Å². The first kappa shape index (κ1) is 7.18. The molecule has 0 radical (unpaired) electrons. The van der Waals surface area contributed by atoms with E-state index < -0.39 is 12.8 Å². The summed E-state index contributed by atoms with van der Waals surface area (Å²) < 4.78 is 36.6. The van der Waals surface area contributed by atoms with Gasteiger partial charge in [-0.3, -0.25) is 0 Å². The van der Waals surface area contributed by atoms with E-state index in [1.54, 1.807) is 0 Å². The fraction of sp³-hybridized carbons (Fsp3) is 1.00. The van der Waals surface area contributed by atoms with Crippen LogP contribution in [0.4, 0.5) is 13.2 Å². The summed E-state index contributed by atoms with van der Waals surface area (Å²) >= 11 is 0. The van der Waals surface area contributed by atoms with Crippen molar-refractivity contribution in [2.24, 2.45) is 0 Å². The van der Waals surface area contributed by atoms with Gasteiger partial charge in [0.1, 0.15) is 0 Å². The standard InChI is InChI=1S/C2H4F3OP/c3-1(4)2(5)6-7/h1-2H,7H2. The van der Waals surface area contributed by atoms with Gasteiger partial charge in [-0.25, -0.2) is 13.2 Å². The highest BCUT2D eigenvalue weighted by Crippen LogP contribution is 2.08. The molecule has 0 heterocycles. The van der Waals surface area contributed by atoms with Crippen molar-refractivity contribution in [3.8, 4) is 0 Å². The lowest BCUT2D eigenvalue weighted by Gasteiger charge is -2.00. The zero-order valence-electron chi connectivity index (χ0n) is 3.27. The molecular weight excluding hydrogens is 128 g/mol. The van der Waals surface area contributed by atoms with Gasteiger partial charge in [-0.2, -0.15) is 0 Å². The van der Waals surface area contributed by atoms with Crippen molar-refractivity contribution < 1.29 is 17.7 Å². The third-order valence-corrected chi connectivity index (χ3v) is 0.588. The molecule has 5 heteroatoms. The molecule has 0 fully saturated rings. The third-order valence-electron chi connectivity index (χ3n) is 0.328. The molecule has 0 aromatic heterocycles. The van der Waals surface area contributed by atoms with Crippen molar-refractivity contribution in [1.82, 2.24) is 0 Å². The lowest BCUT2D eigenvalue weighted by Crippen LogP contribution is -2.10. The number of alkyl halides is 3. The smallest absolute Gasteiger partial charge is 0.293 e. The molecule has 0 aromatic rings. The minimum atomic E-state index is -3.04. The van der Waals surface area contributed by atoms with Gasteiger partial charge in [0.05, 0.1) is 0 Å². The van der Waals surface area contributed by atoms with Gasteiger partial charge in [0.2, 0.25) is 0 Å². The highest BCUT2D eigenvalue weighted by molar-refractivity contribution is 7.09. The van der Waals surface area contributed by atoms with Gasteiger partial charge in [-0.15, -0.1) is 0 Å². The van der Waals surface area contributed by atoms with Crippen LogP contribution < -0.4 is 0 Å². The maximum absolute atomic E-state index is 11.3. The monoisotopic (exact) mass is 132 g/mol. The van der Waals surface area contributed by atoms with Crippen LogP contribution in [0.2, 0.25) is 0 Å². The average Bonchev–Trinajstić information content (AvgIpc) is 1.65. The lowest BCUT2D eigenvalue weighted by atomic mass is 10.7. The zero-order valence-corrected chi connectivity index (χ0v) is 4.43. The number of halogens is 3. The summed E-state index contributed by atoms with van der Waals surface area (Å²) in [5.41, 5.74) is 0. The van der Waals surface area contributed by atoms with Crippen LogP contribution in [0, 0.1) is 0 Å². The highest BCUT2D eigenvalue weighted by Gasteiger charge is 2.16. The first-order valence-electron chi connectivity index (χ1n) is 1.46. The molecule has 0 aliphatic carbocycles. The van der Waals surface area contributed by atoms with Crippen LogP contribution in [-0.2, 0) is 4.52 Å². The van der Waals surface area contributed by atoms with E-state index in [1.165, 1.54) is 9.47 Å². The molecule has 7 heavy (non-hydrogen) atoms. The maximum atomic E-state index is 11.3. The molecule has 2 atom stereocenters. The molecule has 0 spiro atoms. The molecule has 0 rings (SSSR count). The Morgan fingerprint density at radius 1 is 1.29 bits per heavy atom. The highest BCUT2D eigenvalue weighted by atomic mass is 31.0. The Morgan fingerprint density at radius 2 is 1.71 bits per heavy atom. The number of hydrogen-bond acceptors (Lipinski definition) is 1. The first-order valence-corrected chi connectivity index (χ1v) is 1.93. The van der Waals surface area contributed by atoms with E-state index in [0.29, 0.717) is 0 Å². The van der Waals surface area contributed by atoms with Crippen LogP contribution >= 0.6 is 9.47 Å². The van der Waals surface area contributed by atoms with Crippen molar-refractivity contribution in [1.29, 1.82) is 0 Å². The minimum Gasteiger partial charge on any atom is -0.327 e. The van der Waals surface area contributed by atoms with E-state index in [1.807, 2.05) is 0 Å². The van der Waals surface area contributed by atoms with Crippen LogP contribution in [0.15, 0.2) is 0 Å². The second-order valence-corrected chi connectivity index (χ2v) is 1.09. The molecule has 0 aliphatic rings. The van der Waals surface area contributed by atoms with Crippen LogP contribution in [0.5, 0.6) is 0 Å². The predicted octanol–water partition coefficient (Wildman–Crippen LogP) is 1.35. The van der Waals surface area contributed by atoms with E-state index in [-0.39, 0.29) is 0 Å². The van der Waals surface area contributed by atoms with E-state index in [9.17, 15) is 13.2 Å². The third kappa shape index (κ3) is 2.83. The summed E-state index contributed by atoms with van der Waals surface area (Å²) in [5.74, 6) is 0. The largest absolute Gasteiger partial charge is 0.327 e. The van der Waals surface area contributed by atoms with Crippen LogP contribution in [0.25, 0.3) is 0 Å². The van der Waals surface area contributed by atoms with E-state index in [2.05, 4.69) is 4.52 Å². The average molecular weight is 132 g/mol. The quantitative estimate of drug-likeness (QED) is 0.515. The van der Waals surface area contributed by atoms with Crippen LogP contribution in [0.3, 0.4) is 0 Å². The summed E-state index contributed by atoms with van der Waals surface area (Å²) in [6, 6.07) is 0. The van der Waals surface area contributed by atoms with Gasteiger partial charge < -0.3 is 4.52 Å². The Kier molecular flexibility index (Phi) is 3.30. The minimum absolute atomic E-state index is 1.41. The fourth-order valence-electron chi connectivity index (χ4n) is 0.0594. The van der Waals surface area contributed by atoms with Crippen molar-refractivity contribution in [2.75, 3.05) is 0 Å². The molecular formula is C2H4F3OP. The molecule has 0 N–H and O–H groups in total. The SMILES string of the molecule is FC(F)C(F)OP. The summed E-state index contributed by atoms with van der Waals surface area (Å²) in [7, 11) is 1.41. The Labute approximate surface area is 41.1 Å². The van der Waals surface area contributed by atoms with Crippen molar-refractivity contribution in [3.05, 3.63) is 0 Å². The van der Waals surface area contributed by atoms with E-state index >= 15 is 0 Å². The molecule has 44 valence electrons. The Morgan fingerprint density at radius 3 is 1.71 bits per heavy atom. The lowest BCUT2D eigenvalue weighted by molar-refractivity contribution is -0.0573. The van der Waals surface area contributed by atoms with Crippen molar-refractivity contribution >= 4 is 9.47 Å². The molecule has 0 aromatic carbocycles. The van der Waals surface area contributed by atoms with Gasteiger partial charge >= 0.3 is 0 Å². The summed E-state index contributed by atoms with van der Waals surface area (Å²) in [5, 5.41) is 0. The van der Waals surface area contributed by atoms with E-state index in [4.69, 9.17) is 0 Å². The van der Waals surface area contributed by atoms with Crippen molar-refractivity contribution in [3.63, 3.8) is 0 Å². The molecule has 0 saturated carbocycles. The summed E-state index contributed by atoms with van der Waals surface area (Å²) in [6.45, 7) is 0.